The van der Waals surface area contributed by atoms with Crippen LogP contribution in [0.1, 0.15) is 24.1 Å². The summed E-state index contributed by atoms with van der Waals surface area (Å²) in [7, 11) is 0. The number of rotatable bonds is 3. The van der Waals surface area contributed by atoms with E-state index < -0.39 is 0 Å². The van der Waals surface area contributed by atoms with E-state index in [-0.39, 0.29) is 6.04 Å². The molecule has 17 heavy (non-hydrogen) atoms. The molecule has 2 rings (SSSR count). The van der Waals surface area contributed by atoms with Gasteiger partial charge in [-0.05, 0) is 18.1 Å². The molecule has 0 aliphatic carbocycles. The van der Waals surface area contributed by atoms with E-state index in [2.05, 4.69) is 37.3 Å². The van der Waals surface area contributed by atoms with Crippen LogP contribution in [-0.2, 0) is 0 Å². The van der Waals surface area contributed by atoms with Crippen LogP contribution < -0.4 is 5.73 Å². The molecule has 86 valence electrons. The van der Waals surface area contributed by atoms with Gasteiger partial charge in [-0.25, -0.2) is 0 Å². The summed E-state index contributed by atoms with van der Waals surface area (Å²) >= 11 is 0. The van der Waals surface area contributed by atoms with Crippen molar-refractivity contribution >= 4 is 6.08 Å². The zero-order valence-electron chi connectivity index (χ0n) is 10.0. The molecule has 0 heterocycles. The molecule has 0 spiro atoms. The van der Waals surface area contributed by atoms with E-state index >= 15 is 0 Å². The lowest BCUT2D eigenvalue weighted by Crippen LogP contribution is -2.11. The van der Waals surface area contributed by atoms with Crippen molar-refractivity contribution in [1.82, 2.24) is 0 Å². The highest BCUT2D eigenvalue weighted by atomic mass is 14.6. The Morgan fingerprint density at radius 3 is 2.06 bits per heavy atom. The predicted octanol–water partition coefficient (Wildman–Crippen LogP) is 3.79. The van der Waals surface area contributed by atoms with Crippen molar-refractivity contribution in [2.24, 2.45) is 5.73 Å². The Morgan fingerprint density at radius 1 is 0.941 bits per heavy atom. The fourth-order valence-corrected chi connectivity index (χ4v) is 1.83. The van der Waals surface area contributed by atoms with E-state index in [1.54, 1.807) is 0 Å². The van der Waals surface area contributed by atoms with Gasteiger partial charge < -0.3 is 5.73 Å². The molecule has 2 aromatic carbocycles. The second-order valence-corrected chi connectivity index (χ2v) is 4.19. The maximum atomic E-state index is 6.22. The minimum absolute atomic E-state index is 0.0311. The Hall–Kier alpha value is -1.86. The third-order valence-electron chi connectivity index (χ3n) is 2.84. The summed E-state index contributed by atoms with van der Waals surface area (Å²) in [5, 5.41) is 0. The minimum Gasteiger partial charge on any atom is -0.321 e. The first-order valence-corrected chi connectivity index (χ1v) is 5.81. The highest BCUT2D eigenvalue weighted by Gasteiger charge is 2.06. The lowest BCUT2D eigenvalue weighted by Gasteiger charge is -2.12. The van der Waals surface area contributed by atoms with Crippen molar-refractivity contribution in [3.8, 4) is 0 Å². The van der Waals surface area contributed by atoms with Crippen molar-refractivity contribution < 1.29 is 0 Å². The van der Waals surface area contributed by atoms with Gasteiger partial charge in [-0.2, -0.15) is 0 Å². The van der Waals surface area contributed by atoms with Crippen LogP contribution in [0.4, 0.5) is 0 Å². The zero-order valence-corrected chi connectivity index (χ0v) is 10.0. The third-order valence-corrected chi connectivity index (χ3v) is 2.84. The molecule has 0 aromatic heterocycles. The standard InChI is InChI=1S/C16H17N/c1-13(12-14-8-4-2-5-9-14)16(17)15-10-6-3-7-11-15/h2-12,16H,17H2,1H3/b13-12+. The van der Waals surface area contributed by atoms with Crippen molar-refractivity contribution in [1.29, 1.82) is 0 Å². The molecule has 0 aliphatic rings. The fraction of sp³-hybridized carbons (Fsp3) is 0.125. The maximum Gasteiger partial charge on any atom is 0.0511 e. The molecule has 1 heteroatoms. The van der Waals surface area contributed by atoms with Gasteiger partial charge in [-0.15, -0.1) is 0 Å². The minimum atomic E-state index is -0.0311. The topological polar surface area (TPSA) is 26.0 Å². The van der Waals surface area contributed by atoms with Crippen LogP contribution in [0.15, 0.2) is 66.2 Å². The molecule has 0 aliphatic heterocycles. The fourth-order valence-electron chi connectivity index (χ4n) is 1.83. The van der Waals surface area contributed by atoms with Crippen LogP contribution in [0.25, 0.3) is 6.08 Å². The molecule has 1 atom stereocenters. The summed E-state index contributed by atoms with van der Waals surface area (Å²) in [5.74, 6) is 0. The first kappa shape index (κ1) is 11.6. The van der Waals surface area contributed by atoms with Gasteiger partial charge in [0, 0.05) is 0 Å². The Morgan fingerprint density at radius 2 is 1.47 bits per heavy atom. The number of hydrogen-bond acceptors (Lipinski definition) is 1. The van der Waals surface area contributed by atoms with Gasteiger partial charge in [0.25, 0.3) is 0 Å². The largest absolute Gasteiger partial charge is 0.321 e. The number of benzene rings is 2. The van der Waals surface area contributed by atoms with Gasteiger partial charge in [0.2, 0.25) is 0 Å². The summed E-state index contributed by atoms with van der Waals surface area (Å²) in [6.07, 6.45) is 2.14. The quantitative estimate of drug-likeness (QED) is 0.841. The van der Waals surface area contributed by atoms with E-state index in [9.17, 15) is 0 Å². The second-order valence-electron chi connectivity index (χ2n) is 4.19. The molecule has 1 unspecified atom stereocenters. The zero-order chi connectivity index (χ0) is 12.1. The highest BCUT2D eigenvalue weighted by Crippen LogP contribution is 2.20. The average molecular weight is 223 g/mol. The first-order chi connectivity index (χ1) is 8.27. The lowest BCUT2D eigenvalue weighted by molar-refractivity contribution is 0.853. The van der Waals surface area contributed by atoms with Crippen molar-refractivity contribution in [2.75, 3.05) is 0 Å². The van der Waals surface area contributed by atoms with Gasteiger partial charge in [-0.1, -0.05) is 72.3 Å². The van der Waals surface area contributed by atoms with Gasteiger partial charge in [0.1, 0.15) is 0 Å². The third kappa shape index (κ3) is 3.05. The summed E-state index contributed by atoms with van der Waals surface area (Å²) in [6.45, 7) is 2.07. The molecule has 0 saturated carbocycles. The molecule has 2 N–H and O–H groups in total. The Labute approximate surface area is 103 Å². The van der Waals surface area contributed by atoms with Crippen LogP contribution in [0, 0.1) is 0 Å². The molecule has 0 bridgehead atoms. The molecule has 0 radical (unpaired) electrons. The monoisotopic (exact) mass is 223 g/mol. The van der Waals surface area contributed by atoms with Crippen molar-refractivity contribution in [3.05, 3.63) is 77.4 Å². The Kier molecular flexibility index (Phi) is 3.73. The van der Waals surface area contributed by atoms with E-state index in [0.29, 0.717) is 0 Å². The Bertz CT molecular complexity index is 485. The first-order valence-electron chi connectivity index (χ1n) is 5.81. The summed E-state index contributed by atoms with van der Waals surface area (Å²) in [5.41, 5.74) is 9.73. The molecule has 0 amide bonds. The van der Waals surface area contributed by atoms with E-state index in [1.807, 2.05) is 36.4 Å². The normalized spacial score (nSPS) is 13.4. The molecule has 0 fully saturated rings. The predicted molar refractivity (Wildman–Crippen MR) is 73.5 cm³/mol. The molecule has 0 saturated heterocycles. The van der Waals surface area contributed by atoms with E-state index in [0.717, 1.165) is 5.56 Å². The summed E-state index contributed by atoms with van der Waals surface area (Å²) < 4.78 is 0. The second kappa shape index (κ2) is 5.46. The summed E-state index contributed by atoms with van der Waals surface area (Å²) in [4.78, 5) is 0. The average Bonchev–Trinajstić information content (AvgIpc) is 2.40. The van der Waals surface area contributed by atoms with Crippen molar-refractivity contribution in [3.63, 3.8) is 0 Å². The molecule has 2 aromatic rings. The van der Waals surface area contributed by atoms with Gasteiger partial charge >= 0.3 is 0 Å². The Balaban J connectivity index is 2.21. The smallest absolute Gasteiger partial charge is 0.0511 e. The van der Waals surface area contributed by atoms with Crippen LogP contribution in [0.2, 0.25) is 0 Å². The van der Waals surface area contributed by atoms with Crippen molar-refractivity contribution in [2.45, 2.75) is 13.0 Å². The van der Waals surface area contributed by atoms with Crippen LogP contribution in [0.5, 0.6) is 0 Å². The molecule has 1 nitrogen and oxygen atoms in total. The van der Waals surface area contributed by atoms with Gasteiger partial charge in [-0.3, -0.25) is 0 Å². The SMILES string of the molecule is C/C(=C\c1ccccc1)C(N)c1ccccc1. The summed E-state index contributed by atoms with van der Waals surface area (Å²) in [6, 6.07) is 20.4. The molecular weight excluding hydrogens is 206 g/mol. The molecular formula is C16H17N. The number of nitrogens with two attached hydrogens (primary N) is 1. The van der Waals surface area contributed by atoms with E-state index in [1.165, 1.54) is 11.1 Å². The lowest BCUT2D eigenvalue weighted by atomic mass is 9.99. The van der Waals surface area contributed by atoms with E-state index in [4.69, 9.17) is 5.73 Å². The van der Waals surface area contributed by atoms with Crippen LogP contribution >= 0.6 is 0 Å². The van der Waals surface area contributed by atoms with Crippen LogP contribution in [-0.4, -0.2) is 0 Å². The highest BCUT2D eigenvalue weighted by molar-refractivity contribution is 5.54. The number of hydrogen-bond donors (Lipinski definition) is 1. The van der Waals surface area contributed by atoms with Gasteiger partial charge in [0.05, 0.1) is 6.04 Å². The van der Waals surface area contributed by atoms with Crippen LogP contribution in [0.3, 0.4) is 0 Å². The maximum absolute atomic E-state index is 6.22. The van der Waals surface area contributed by atoms with Gasteiger partial charge in [0.15, 0.2) is 0 Å².